The Hall–Kier alpha value is -2.96. The van der Waals surface area contributed by atoms with Gasteiger partial charge in [-0.25, -0.2) is 0 Å². The van der Waals surface area contributed by atoms with Crippen LogP contribution in [0.1, 0.15) is 86.1 Å². The highest BCUT2D eigenvalue weighted by molar-refractivity contribution is 5.74. The van der Waals surface area contributed by atoms with Crippen molar-refractivity contribution in [3.05, 3.63) is 89.2 Å². The number of aryl methyl sites for hydroxylation is 3. The second-order valence-corrected chi connectivity index (χ2v) is 13.3. The van der Waals surface area contributed by atoms with E-state index in [9.17, 15) is 9.90 Å². The molecular formula is C37H50N4O2. The molecule has 3 atom stereocenters. The molecule has 0 unspecified atom stereocenters. The molecule has 0 radical (unpaired) electrons. The molecule has 0 spiro atoms. The van der Waals surface area contributed by atoms with Crippen LogP contribution in [0.2, 0.25) is 0 Å². The van der Waals surface area contributed by atoms with E-state index in [2.05, 4.69) is 88.3 Å². The van der Waals surface area contributed by atoms with Crippen LogP contribution in [0.4, 0.5) is 0 Å². The molecule has 2 saturated heterocycles. The Bertz CT molecular complexity index is 1290. The minimum absolute atomic E-state index is 0.289. The van der Waals surface area contributed by atoms with E-state index in [1.54, 1.807) is 0 Å². The van der Waals surface area contributed by atoms with Crippen molar-refractivity contribution < 1.29 is 9.90 Å². The summed E-state index contributed by atoms with van der Waals surface area (Å²) >= 11 is 0. The molecule has 3 fully saturated rings. The number of nitrogens with zero attached hydrogens (tertiary/aromatic N) is 4. The normalized spacial score (nSPS) is 23.5. The third kappa shape index (κ3) is 7.07. The number of aliphatic carboxylic acids is 1. The van der Waals surface area contributed by atoms with E-state index < -0.39 is 5.97 Å². The zero-order valence-electron chi connectivity index (χ0n) is 26.0. The monoisotopic (exact) mass is 582 g/mol. The lowest BCUT2D eigenvalue weighted by molar-refractivity contribution is -0.145. The van der Waals surface area contributed by atoms with Gasteiger partial charge in [0.2, 0.25) is 0 Å². The van der Waals surface area contributed by atoms with Crippen molar-refractivity contribution in [3.63, 3.8) is 0 Å². The van der Waals surface area contributed by atoms with E-state index in [0.29, 0.717) is 17.8 Å². The van der Waals surface area contributed by atoms with Gasteiger partial charge < -0.3 is 10.0 Å². The number of carboxylic acids is 1. The molecule has 0 amide bonds. The number of hydrogen-bond acceptors (Lipinski definition) is 4. The number of rotatable bonds is 11. The number of hydrogen-bond donors (Lipinski definition) is 1. The second kappa shape index (κ2) is 14.2. The fourth-order valence-corrected chi connectivity index (χ4v) is 8.50. The van der Waals surface area contributed by atoms with Gasteiger partial charge in [0.1, 0.15) is 6.04 Å². The van der Waals surface area contributed by atoms with E-state index in [0.717, 1.165) is 77.8 Å². The van der Waals surface area contributed by atoms with Crippen molar-refractivity contribution in [2.24, 2.45) is 11.8 Å². The molecule has 6 heteroatoms. The molecule has 1 N–H and O–H groups in total. The number of benzene rings is 2. The molecule has 6 rings (SSSR count). The summed E-state index contributed by atoms with van der Waals surface area (Å²) in [5, 5.41) is 15.2. The molecule has 2 aliphatic heterocycles. The van der Waals surface area contributed by atoms with Gasteiger partial charge in [-0.05, 0) is 87.1 Å². The first-order valence-corrected chi connectivity index (χ1v) is 16.9. The summed E-state index contributed by atoms with van der Waals surface area (Å²) in [6, 6.07) is 21.3. The Labute approximate surface area is 258 Å². The zero-order valence-corrected chi connectivity index (χ0v) is 26.0. The molecule has 3 aromatic rings. The molecular weight excluding hydrogens is 532 g/mol. The molecule has 6 nitrogen and oxygen atoms in total. The van der Waals surface area contributed by atoms with Gasteiger partial charge >= 0.3 is 5.97 Å². The van der Waals surface area contributed by atoms with Crippen LogP contribution in [-0.2, 0) is 24.2 Å². The smallest absolute Gasteiger partial charge is 0.321 e. The van der Waals surface area contributed by atoms with E-state index in [-0.39, 0.29) is 12.0 Å². The van der Waals surface area contributed by atoms with Crippen molar-refractivity contribution in [1.82, 2.24) is 19.6 Å². The summed E-state index contributed by atoms with van der Waals surface area (Å²) in [6.45, 7) is 8.12. The van der Waals surface area contributed by atoms with Crippen molar-refractivity contribution in [3.8, 4) is 0 Å². The third-order valence-corrected chi connectivity index (χ3v) is 10.7. The Morgan fingerprint density at radius 2 is 1.60 bits per heavy atom. The van der Waals surface area contributed by atoms with Crippen LogP contribution in [0.5, 0.6) is 0 Å². The van der Waals surface area contributed by atoms with E-state index >= 15 is 0 Å². The molecule has 1 saturated carbocycles. The zero-order chi connectivity index (χ0) is 29.6. The summed E-state index contributed by atoms with van der Waals surface area (Å²) in [4.78, 5) is 17.6. The largest absolute Gasteiger partial charge is 0.480 e. The molecule has 1 aromatic heterocycles. The highest BCUT2D eigenvalue weighted by Gasteiger charge is 2.43. The van der Waals surface area contributed by atoms with Gasteiger partial charge in [-0.15, -0.1) is 0 Å². The maximum Gasteiger partial charge on any atom is 0.321 e. The maximum absolute atomic E-state index is 12.6. The summed E-state index contributed by atoms with van der Waals surface area (Å²) in [5.74, 6) is 1.06. The predicted octanol–water partition coefficient (Wildman–Crippen LogP) is 6.62. The lowest BCUT2D eigenvalue weighted by Crippen LogP contribution is -2.46. The molecule has 1 aliphatic carbocycles. The van der Waals surface area contributed by atoms with Crippen molar-refractivity contribution in [1.29, 1.82) is 0 Å². The van der Waals surface area contributed by atoms with Crippen LogP contribution in [0.15, 0.2) is 66.9 Å². The Kier molecular flexibility index (Phi) is 9.95. The van der Waals surface area contributed by atoms with E-state index in [4.69, 9.17) is 5.10 Å². The summed E-state index contributed by atoms with van der Waals surface area (Å²) in [7, 11) is 0. The summed E-state index contributed by atoms with van der Waals surface area (Å²) in [5.41, 5.74) is 5.64. The SMILES string of the molecule is CCn1ncc(CCc2ccccc2)c1C1CCN(C[C@H]2CN([C@@H](C(=O)O)C3CCCCC3)C[C@@H]2c2ccccc2)CC1. The number of likely N-dealkylation sites (tertiary alicyclic amines) is 2. The average Bonchev–Trinajstić information content (AvgIpc) is 3.66. The van der Waals surface area contributed by atoms with Gasteiger partial charge in [0.15, 0.2) is 0 Å². The maximum atomic E-state index is 12.6. The lowest BCUT2D eigenvalue weighted by Gasteiger charge is -2.36. The van der Waals surface area contributed by atoms with Crippen LogP contribution >= 0.6 is 0 Å². The average molecular weight is 583 g/mol. The third-order valence-electron chi connectivity index (χ3n) is 10.7. The number of carbonyl (C=O) groups is 1. The summed E-state index contributed by atoms with van der Waals surface area (Å²) < 4.78 is 2.25. The Balaban J connectivity index is 1.12. The van der Waals surface area contributed by atoms with Gasteiger partial charge in [0.25, 0.3) is 0 Å². The highest BCUT2D eigenvalue weighted by atomic mass is 16.4. The van der Waals surface area contributed by atoms with Crippen LogP contribution in [0.3, 0.4) is 0 Å². The highest BCUT2D eigenvalue weighted by Crippen LogP contribution is 2.39. The quantitative estimate of drug-likeness (QED) is 0.276. The number of piperidine rings is 1. The van der Waals surface area contributed by atoms with Crippen LogP contribution in [0, 0.1) is 11.8 Å². The molecule has 3 heterocycles. The van der Waals surface area contributed by atoms with Gasteiger partial charge in [-0.2, -0.15) is 5.10 Å². The predicted molar refractivity (Wildman–Crippen MR) is 172 cm³/mol. The Morgan fingerprint density at radius 1 is 0.907 bits per heavy atom. The van der Waals surface area contributed by atoms with Crippen molar-refractivity contribution in [2.75, 3.05) is 32.7 Å². The van der Waals surface area contributed by atoms with Crippen LogP contribution in [0.25, 0.3) is 0 Å². The van der Waals surface area contributed by atoms with E-state index in [1.807, 2.05) is 0 Å². The fourth-order valence-electron chi connectivity index (χ4n) is 8.50. The minimum atomic E-state index is -0.615. The topological polar surface area (TPSA) is 61.6 Å². The lowest BCUT2D eigenvalue weighted by atomic mass is 9.83. The van der Waals surface area contributed by atoms with Crippen molar-refractivity contribution >= 4 is 5.97 Å². The molecule has 43 heavy (non-hydrogen) atoms. The van der Waals surface area contributed by atoms with Crippen molar-refractivity contribution in [2.45, 2.75) is 89.1 Å². The van der Waals surface area contributed by atoms with E-state index in [1.165, 1.54) is 41.6 Å². The van der Waals surface area contributed by atoms with Gasteiger partial charge in [-0.1, -0.05) is 79.9 Å². The number of aromatic nitrogens is 2. The summed E-state index contributed by atoms with van der Waals surface area (Å²) in [6.07, 6.45) is 12.3. The first-order chi connectivity index (χ1) is 21.1. The van der Waals surface area contributed by atoms with Gasteiger partial charge in [0, 0.05) is 43.7 Å². The second-order valence-electron chi connectivity index (χ2n) is 13.3. The number of carboxylic acid groups (broad SMARTS) is 1. The molecule has 0 bridgehead atoms. The standard InChI is InChI=1S/C37H50N4O2/c1-2-41-35(32(24-38-41)19-18-28-12-6-3-7-13-28)31-20-22-39(23-21-31)25-33-26-40(27-34(33)29-14-8-4-9-15-29)36(37(42)43)30-16-10-5-11-17-30/h3-4,6-9,12-15,24,30-31,33-34,36H,2,5,10-11,16-23,25-27H2,1H3,(H,42,43)/t33-,34+,36+/m0/s1. The van der Waals surface area contributed by atoms with Crippen LogP contribution in [-0.4, -0.2) is 69.4 Å². The van der Waals surface area contributed by atoms with Gasteiger partial charge in [0.05, 0.1) is 6.20 Å². The fraction of sp³-hybridized carbons (Fsp3) is 0.568. The first-order valence-electron chi connectivity index (χ1n) is 16.9. The minimum Gasteiger partial charge on any atom is -0.480 e. The van der Waals surface area contributed by atoms with Gasteiger partial charge in [-0.3, -0.25) is 14.4 Å². The molecule has 230 valence electrons. The Morgan fingerprint density at radius 3 is 2.28 bits per heavy atom. The molecule has 2 aromatic carbocycles. The first kappa shape index (κ1) is 30.1. The van der Waals surface area contributed by atoms with Crippen LogP contribution < -0.4 is 0 Å². The molecule has 3 aliphatic rings.